The fourth-order valence-electron chi connectivity index (χ4n) is 3.28. The van der Waals surface area contributed by atoms with Crippen molar-refractivity contribution in [2.75, 3.05) is 33.2 Å². The zero-order chi connectivity index (χ0) is 18.7. The SMILES string of the molecule is COc1cc(C)c([C@H](C)NCc2c(C)nn(C)c2N(C)C)cc1OC. The second-order valence-corrected chi connectivity index (χ2v) is 6.57. The Bertz CT molecular complexity index is 738. The van der Waals surface area contributed by atoms with E-state index >= 15 is 0 Å². The average Bonchev–Trinajstić information content (AvgIpc) is 2.85. The number of ether oxygens (including phenoxy) is 2. The van der Waals surface area contributed by atoms with E-state index in [1.165, 1.54) is 16.7 Å². The van der Waals surface area contributed by atoms with Crippen LogP contribution in [-0.2, 0) is 13.6 Å². The van der Waals surface area contributed by atoms with E-state index in [1.807, 2.05) is 31.9 Å². The molecule has 0 aliphatic carbocycles. The maximum Gasteiger partial charge on any atom is 0.161 e. The maximum atomic E-state index is 5.45. The van der Waals surface area contributed by atoms with Crippen LogP contribution < -0.4 is 19.7 Å². The van der Waals surface area contributed by atoms with Gasteiger partial charge in [-0.2, -0.15) is 5.10 Å². The Hall–Kier alpha value is -2.21. The minimum Gasteiger partial charge on any atom is -0.493 e. The number of hydrogen-bond acceptors (Lipinski definition) is 5. The lowest BCUT2D eigenvalue weighted by atomic mass is 10.0. The van der Waals surface area contributed by atoms with Crippen molar-refractivity contribution in [2.45, 2.75) is 33.4 Å². The van der Waals surface area contributed by atoms with Gasteiger partial charge in [-0.25, -0.2) is 0 Å². The standard InChI is InChI=1S/C19H30N4O2/c1-12-9-17(24-7)18(25-8)10-15(12)13(2)20-11-16-14(3)21-23(6)19(16)22(4)5/h9-10,13,20H,11H2,1-8H3/t13-/m0/s1. The second kappa shape index (κ2) is 7.78. The molecule has 25 heavy (non-hydrogen) atoms. The van der Waals surface area contributed by atoms with Gasteiger partial charge in [-0.05, 0) is 44.0 Å². The first-order valence-electron chi connectivity index (χ1n) is 8.45. The van der Waals surface area contributed by atoms with Gasteiger partial charge in [0, 0.05) is 39.3 Å². The molecule has 1 heterocycles. The number of hydrogen-bond donors (Lipinski definition) is 1. The number of methoxy groups -OCH3 is 2. The van der Waals surface area contributed by atoms with E-state index in [-0.39, 0.29) is 6.04 Å². The molecule has 1 aromatic heterocycles. The summed E-state index contributed by atoms with van der Waals surface area (Å²) in [7, 11) is 9.39. The van der Waals surface area contributed by atoms with Gasteiger partial charge in [-0.15, -0.1) is 0 Å². The summed E-state index contributed by atoms with van der Waals surface area (Å²) in [6, 6.07) is 4.25. The lowest BCUT2D eigenvalue weighted by molar-refractivity contribution is 0.353. The van der Waals surface area contributed by atoms with Crippen molar-refractivity contribution >= 4 is 5.82 Å². The summed E-state index contributed by atoms with van der Waals surface area (Å²) in [4.78, 5) is 2.10. The van der Waals surface area contributed by atoms with Crippen molar-refractivity contribution in [3.63, 3.8) is 0 Å². The molecule has 1 N–H and O–H groups in total. The van der Waals surface area contributed by atoms with Gasteiger partial charge in [-0.1, -0.05) is 0 Å². The molecule has 0 unspecified atom stereocenters. The fraction of sp³-hybridized carbons (Fsp3) is 0.526. The Balaban J connectivity index is 2.23. The van der Waals surface area contributed by atoms with E-state index in [0.29, 0.717) is 0 Å². The first kappa shape index (κ1) is 19.1. The summed E-state index contributed by atoms with van der Waals surface area (Å²) >= 11 is 0. The summed E-state index contributed by atoms with van der Waals surface area (Å²) in [6.45, 7) is 7.06. The van der Waals surface area contributed by atoms with E-state index in [1.54, 1.807) is 14.2 Å². The van der Waals surface area contributed by atoms with Gasteiger partial charge in [0.2, 0.25) is 0 Å². The molecule has 0 saturated heterocycles. The summed E-state index contributed by atoms with van der Waals surface area (Å²) in [5.41, 5.74) is 4.64. The number of anilines is 1. The third kappa shape index (κ3) is 3.90. The van der Waals surface area contributed by atoms with Crippen LogP contribution in [0.5, 0.6) is 11.5 Å². The van der Waals surface area contributed by atoms with Crippen LogP contribution in [0.1, 0.15) is 35.3 Å². The molecule has 2 rings (SSSR count). The van der Waals surface area contributed by atoms with Crippen molar-refractivity contribution in [1.29, 1.82) is 0 Å². The van der Waals surface area contributed by atoms with Gasteiger partial charge in [0.15, 0.2) is 11.5 Å². The summed E-state index contributed by atoms with van der Waals surface area (Å²) in [5.74, 6) is 2.64. The van der Waals surface area contributed by atoms with Gasteiger partial charge in [0.05, 0.1) is 19.9 Å². The van der Waals surface area contributed by atoms with Crippen LogP contribution in [0.2, 0.25) is 0 Å². The number of rotatable bonds is 7. The molecule has 0 bridgehead atoms. The van der Waals surface area contributed by atoms with E-state index in [4.69, 9.17) is 9.47 Å². The molecule has 0 aliphatic rings. The molecular formula is C19H30N4O2. The zero-order valence-corrected chi connectivity index (χ0v) is 16.6. The topological polar surface area (TPSA) is 51.5 Å². The lowest BCUT2D eigenvalue weighted by Crippen LogP contribution is -2.22. The van der Waals surface area contributed by atoms with Gasteiger partial charge in [0.1, 0.15) is 5.82 Å². The summed E-state index contributed by atoms with van der Waals surface area (Å²) in [6.07, 6.45) is 0. The molecule has 0 saturated carbocycles. The number of aryl methyl sites for hydroxylation is 3. The van der Waals surface area contributed by atoms with Crippen LogP contribution in [0.3, 0.4) is 0 Å². The Kier molecular flexibility index (Phi) is 5.95. The van der Waals surface area contributed by atoms with Crippen LogP contribution in [0.15, 0.2) is 12.1 Å². The Morgan fingerprint density at radius 3 is 2.32 bits per heavy atom. The predicted molar refractivity (Wildman–Crippen MR) is 102 cm³/mol. The predicted octanol–water partition coefficient (Wildman–Crippen LogP) is 2.97. The second-order valence-electron chi connectivity index (χ2n) is 6.57. The van der Waals surface area contributed by atoms with Crippen molar-refractivity contribution < 1.29 is 9.47 Å². The van der Waals surface area contributed by atoms with Crippen molar-refractivity contribution in [1.82, 2.24) is 15.1 Å². The molecule has 2 aromatic rings. The molecule has 0 radical (unpaired) electrons. The minimum absolute atomic E-state index is 0.175. The van der Waals surface area contributed by atoms with Gasteiger partial charge < -0.3 is 19.7 Å². The molecule has 6 nitrogen and oxygen atoms in total. The summed E-state index contributed by atoms with van der Waals surface area (Å²) < 4.78 is 12.8. The lowest BCUT2D eigenvalue weighted by Gasteiger charge is -2.20. The van der Waals surface area contributed by atoms with E-state index in [2.05, 4.69) is 42.2 Å². The molecule has 138 valence electrons. The maximum absolute atomic E-state index is 5.45. The molecule has 6 heteroatoms. The summed E-state index contributed by atoms with van der Waals surface area (Å²) in [5, 5.41) is 8.17. The Morgan fingerprint density at radius 1 is 1.16 bits per heavy atom. The number of aromatic nitrogens is 2. The highest BCUT2D eigenvalue weighted by atomic mass is 16.5. The third-order valence-electron chi connectivity index (χ3n) is 4.56. The normalized spacial score (nSPS) is 12.2. The molecule has 0 spiro atoms. The van der Waals surface area contributed by atoms with Crippen LogP contribution >= 0.6 is 0 Å². The molecule has 1 atom stereocenters. The van der Waals surface area contributed by atoms with Crippen molar-refractivity contribution in [3.8, 4) is 11.5 Å². The largest absolute Gasteiger partial charge is 0.493 e. The van der Waals surface area contributed by atoms with Gasteiger partial charge >= 0.3 is 0 Å². The molecule has 0 amide bonds. The van der Waals surface area contributed by atoms with Crippen LogP contribution in [0.25, 0.3) is 0 Å². The quantitative estimate of drug-likeness (QED) is 0.835. The Morgan fingerprint density at radius 2 is 1.76 bits per heavy atom. The van der Waals surface area contributed by atoms with Crippen molar-refractivity contribution in [3.05, 3.63) is 34.5 Å². The van der Waals surface area contributed by atoms with Crippen LogP contribution in [-0.4, -0.2) is 38.1 Å². The number of nitrogens with zero attached hydrogens (tertiary/aromatic N) is 3. The molecule has 0 aliphatic heterocycles. The highest BCUT2D eigenvalue weighted by Crippen LogP contribution is 2.33. The van der Waals surface area contributed by atoms with Gasteiger partial charge in [-0.3, -0.25) is 4.68 Å². The Labute approximate surface area is 150 Å². The highest BCUT2D eigenvalue weighted by molar-refractivity contribution is 5.50. The van der Waals surface area contributed by atoms with E-state index in [9.17, 15) is 0 Å². The minimum atomic E-state index is 0.175. The molecular weight excluding hydrogens is 316 g/mol. The van der Waals surface area contributed by atoms with Gasteiger partial charge in [0.25, 0.3) is 0 Å². The molecule has 0 fully saturated rings. The third-order valence-corrected chi connectivity index (χ3v) is 4.56. The monoisotopic (exact) mass is 346 g/mol. The first-order valence-corrected chi connectivity index (χ1v) is 8.45. The first-order chi connectivity index (χ1) is 11.8. The van der Waals surface area contributed by atoms with E-state index in [0.717, 1.165) is 29.6 Å². The fourth-order valence-corrected chi connectivity index (χ4v) is 3.28. The smallest absolute Gasteiger partial charge is 0.161 e. The van der Waals surface area contributed by atoms with Crippen LogP contribution in [0, 0.1) is 13.8 Å². The average molecular weight is 346 g/mol. The van der Waals surface area contributed by atoms with Crippen LogP contribution in [0.4, 0.5) is 5.82 Å². The number of nitrogens with one attached hydrogen (secondary N) is 1. The van der Waals surface area contributed by atoms with Crippen molar-refractivity contribution in [2.24, 2.45) is 7.05 Å². The molecule has 1 aromatic carbocycles. The highest BCUT2D eigenvalue weighted by Gasteiger charge is 2.18. The zero-order valence-electron chi connectivity index (χ0n) is 16.6. The van der Waals surface area contributed by atoms with E-state index < -0.39 is 0 Å². The number of benzene rings is 1.